The molecule has 1 rings (SSSR count). The van der Waals surface area contributed by atoms with Crippen LogP contribution in [0.4, 0.5) is 5.69 Å². The molecule has 0 aromatic heterocycles. The molecule has 0 aliphatic rings. The standard InChI is InChI=1S/C15H18N2O4/c1-3-4-5-13(15(20)21)17-14(19)11-6-8-12(9-7-11)16-10(2)18/h3,6-9,13H,1,4-5H2,2H3,(H,16,18)(H,17,19)(H,20,21)/t13-/m0/s1. The zero-order valence-corrected chi connectivity index (χ0v) is 11.8. The van der Waals surface area contributed by atoms with Gasteiger partial charge >= 0.3 is 5.97 Å². The lowest BCUT2D eigenvalue weighted by Gasteiger charge is -2.13. The quantitative estimate of drug-likeness (QED) is 0.667. The molecule has 0 aliphatic carbocycles. The van der Waals surface area contributed by atoms with Crippen LogP contribution in [0.15, 0.2) is 36.9 Å². The Morgan fingerprint density at radius 1 is 1.29 bits per heavy atom. The Morgan fingerprint density at radius 2 is 1.90 bits per heavy atom. The maximum atomic E-state index is 12.0. The molecule has 0 aliphatic heterocycles. The Labute approximate surface area is 122 Å². The third-order valence-corrected chi connectivity index (χ3v) is 2.73. The topological polar surface area (TPSA) is 95.5 Å². The van der Waals surface area contributed by atoms with Crippen molar-refractivity contribution in [3.63, 3.8) is 0 Å². The maximum Gasteiger partial charge on any atom is 0.326 e. The van der Waals surface area contributed by atoms with Gasteiger partial charge in [-0.25, -0.2) is 4.79 Å². The fourth-order valence-electron chi connectivity index (χ4n) is 1.69. The van der Waals surface area contributed by atoms with Crippen LogP contribution in [0, 0.1) is 0 Å². The van der Waals surface area contributed by atoms with E-state index in [1.807, 2.05) is 0 Å². The van der Waals surface area contributed by atoms with Gasteiger partial charge in [-0.2, -0.15) is 0 Å². The van der Waals surface area contributed by atoms with E-state index in [2.05, 4.69) is 17.2 Å². The summed E-state index contributed by atoms with van der Waals surface area (Å²) in [6.45, 7) is 4.91. The fourth-order valence-corrected chi connectivity index (χ4v) is 1.69. The van der Waals surface area contributed by atoms with Crippen LogP contribution in [0.25, 0.3) is 0 Å². The first-order valence-corrected chi connectivity index (χ1v) is 6.46. The zero-order valence-electron chi connectivity index (χ0n) is 11.8. The molecule has 1 aromatic carbocycles. The first-order chi connectivity index (χ1) is 9.93. The number of benzene rings is 1. The van der Waals surface area contributed by atoms with Gasteiger partial charge in [0.1, 0.15) is 6.04 Å². The summed E-state index contributed by atoms with van der Waals surface area (Å²) in [6, 6.07) is 5.25. The van der Waals surface area contributed by atoms with Crippen molar-refractivity contribution < 1.29 is 19.5 Å². The molecule has 0 heterocycles. The number of amides is 2. The summed E-state index contributed by atoms with van der Waals surface area (Å²) in [6.07, 6.45) is 2.39. The zero-order chi connectivity index (χ0) is 15.8. The van der Waals surface area contributed by atoms with Crippen molar-refractivity contribution >= 4 is 23.5 Å². The first kappa shape index (κ1) is 16.4. The summed E-state index contributed by atoms with van der Waals surface area (Å²) in [5, 5.41) is 14.1. The van der Waals surface area contributed by atoms with Crippen LogP contribution in [0.3, 0.4) is 0 Å². The van der Waals surface area contributed by atoms with Gasteiger partial charge in [0.05, 0.1) is 0 Å². The average Bonchev–Trinajstić information content (AvgIpc) is 2.43. The Hall–Kier alpha value is -2.63. The number of carbonyl (C=O) groups excluding carboxylic acids is 2. The number of anilines is 1. The smallest absolute Gasteiger partial charge is 0.326 e. The fraction of sp³-hybridized carbons (Fsp3) is 0.267. The third-order valence-electron chi connectivity index (χ3n) is 2.73. The number of carboxylic acid groups (broad SMARTS) is 1. The lowest BCUT2D eigenvalue weighted by molar-refractivity contribution is -0.139. The Morgan fingerprint density at radius 3 is 2.38 bits per heavy atom. The molecule has 6 nitrogen and oxygen atoms in total. The van der Waals surface area contributed by atoms with Crippen LogP contribution in [0.2, 0.25) is 0 Å². The highest BCUT2D eigenvalue weighted by Gasteiger charge is 2.19. The van der Waals surface area contributed by atoms with Gasteiger partial charge in [0.15, 0.2) is 0 Å². The Bertz CT molecular complexity index is 537. The van der Waals surface area contributed by atoms with Crippen LogP contribution >= 0.6 is 0 Å². The summed E-state index contributed by atoms with van der Waals surface area (Å²) in [7, 11) is 0. The highest BCUT2D eigenvalue weighted by Crippen LogP contribution is 2.10. The van der Waals surface area contributed by atoms with E-state index in [-0.39, 0.29) is 12.3 Å². The molecule has 0 bridgehead atoms. The second-order valence-corrected chi connectivity index (χ2v) is 4.49. The van der Waals surface area contributed by atoms with Crippen molar-refractivity contribution in [1.29, 1.82) is 0 Å². The van der Waals surface area contributed by atoms with Crippen LogP contribution in [-0.2, 0) is 9.59 Å². The van der Waals surface area contributed by atoms with Crippen LogP contribution in [0.1, 0.15) is 30.1 Å². The summed E-state index contributed by atoms with van der Waals surface area (Å²) >= 11 is 0. The van der Waals surface area contributed by atoms with E-state index < -0.39 is 17.9 Å². The van der Waals surface area contributed by atoms with Crippen LogP contribution < -0.4 is 10.6 Å². The molecule has 0 saturated heterocycles. The minimum atomic E-state index is -1.08. The molecule has 3 N–H and O–H groups in total. The average molecular weight is 290 g/mol. The number of nitrogens with one attached hydrogen (secondary N) is 2. The second kappa shape index (κ2) is 7.84. The van der Waals surface area contributed by atoms with Crippen molar-refractivity contribution in [3.8, 4) is 0 Å². The maximum absolute atomic E-state index is 12.0. The van der Waals surface area contributed by atoms with Crippen LogP contribution in [0.5, 0.6) is 0 Å². The highest BCUT2D eigenvalue weighted by atomic mass is 16.4. The number of hydrogen-bond donors (Lipinski definition) is 3. The van der Waals surface area contributed by atoms with Gasteiger partial charge in [-0.3, -0.25) is 9.59 Å². The van der Waals surface area contributed by atoms with Gasteiger partial charge in [-0.05, 0) is 37.1 Å². The number of carbonyl (C=O) groups is 3. The monoisotopic (exact) mass is 290 g/mol. The molecule has 21 heavy (non-hydrogen) atoms. The number of carboxylic acids is 1. The lowest BCUT2D eigenvalue weighted by Crippen LogP contribution is -2.40. The predicted octanol–water partition coefficient (Wildman–Crippen LogP) is 1.79. The Balaban J connectivity index is 2.71. The summed E-state index contributed by atoms with van der Waals surface area (Å²) in [5.41, 5.74) is 0.898. The largest absolute Gasteiger partial charge is 0.480 e. The van der Waals surface area contributed by atoms with Crippen molar-refractivity contribution in [3.05, 3.63) is 42.5 Å². The second-order valence-electron chi connectivity index (χ2n) is 4.49. The van der Waals surface area contributed by atoms with Crippen molar-refractivity contribution in [2.75, 3.05) is 5.32 Å². The van der Waals surface area contributed by atoms with Gasteiger partial charge in [0.2, 0.25) is 5.91 Å². The molecule has 0 spiro atoms. The molecule has 112 valence electrons. The molecule has 1 aromatic rings. The van der Waals surface area contributed by atoms with E-state index in [4.69, 9.17) is 5.11 Å². The first-order valence-electron chi connectivity index (χ1n) is 6.46. The van der Waals surface area contributed by atoms with Crippen molar-refractivity contribution in [2.45, 2.75) is 25.8 Å². The van der Waals surface area contributed by atoms with Crippen LogP contribution in [-0.4, -0.2) is 28.9 Å². The van der Waals surface area contributed by atoms with Gasteiger partial charge in [0, 0.05) is 18.2 Å². The minimum absolute atomic E-state index is 0.206. The summed E-state index contributed by atoms with van der Waals surface area (Å²) in [5.74, 6) is -1.76. The minimum Gasteiger partial charge on any atom is -0.480 e. The SMILES string of the molecule is C=CCC[C@H](NC(=O)c1ccc(NC(C)=O)cc1)C(=O)O. The van der Waals surface area contributed by atoms with Gasteiger partial charge in [0.25, 0.3) is 5.91 Å². The molecule has 6 heteroatoms. The highest BCUT2D eigenvalue weighted by molar-refractivity contribution is 5.97. The molecule has 2 amide bonds. The lowest BCUT2D eigenvalue weighted by atomic mass is 10.1. The molecule has 0 saturated carbocycles. The number of allylic oxidation sites excluding steroid dienone is 1. The normalized spacial score (nSPS) is 11.3. The molecule has 0 radical (unpaired) electrons. The molecule has 0 fully saturated rings. The summed E-state index contributed by atoms with van der Waals surface area (Å²) < 4.78 is 0. The predicted molar refractivity (Wildman–Crippen MR) is 79.1 cm³/mol. The van der Waals surface area contributed by atoms with E-state index in [1.54, 1.807) is 18.2 Å². The third kappa shape index (κ3) is 5.48. The van der Waals surface area contributed by atoms with E-state index in [1.165, 1.54) is 19.1 Å². The molecular weight excluding hydrogens is 272 g/mol. The summed E-state index contributed by atoms with van der Waals surface area (Å²) in [4.78, 5) is 33.9. The molecule has 0 unspecified atom stereocenters. The van der Waals surface area contributed by atoms with Gasteiger partial charge in [-0.1, -0.05) is 6.08 Å². The van der Waals surface area contributed by atoms with Gasteiger partial charge in [-0.15, -0.1) is 6.58 Å². The van der Waals surface area contributed by atoms with E-state index >= 15 is 0 Å². The molecule has 1 atom stereocenters. The van der Waals surface area contributed by atoms with E-state index in [9.17, 15) is 14.4 Å². The van der Waals surface area contributed by atoms with E-state index in [0.29, 0.717) is 17.7 Å². The number of hydrogen-bond acceptors (Lipinski definition) is 3. The van der Waals surface area contributed by atoms with E-state index in [0.717, 1.165) is 0 Å². The Kier molecular flexibility index (Phi) is 6.13. The molecular formula is C15H18N2O4. The van der Waals surface area contributed by atoms with Crippen molar-refractivity contribution in [2.24, 2.45) is 0 Å². The van der Waals surface area contributed by atoms with Crippen molar-refractivity contribution in [1.82, 2.24) is 5.32 Å². The number of aliphatic carboxylic acids is 1. The van der Waals surface area contributed by atoms with Gasteiger partial charge < -0.3 is 15.7 Å². The number of rotatable bonds is 7.